The summed E-state index contributed by atoms with van der Waals surface area (Å²) in [5.41, 5.74) is 4.43. The van der Waals surface area contributed by atoms with E-state index in [-0.39, 0.29) is 6.04 Å². The molecule has 1 N–H and O–H groups in total. The van der Waals surface area contributed by atoms with Gasteiger partial charge in [0.2, 0.25) is 0 Å². The highest BCUT2D eigenvalue weighted by atomic mass is 32.1. The Balaban J connectivity index is 1.43. The molecule has 0 radical (unpaired) electrons. The van der Waals surface area contributed by atoms with Gasteiger partial charge in [0.1, 0.15) is 16.4 Å². The molecule has 126 valence electrons. The lowest BCUT2D eigenvalue weighted by Crippen LogP contribution is -2.17. The van der Waals surface area contributed by atoms with Crippen LogP contribution in [0.25, 0.3) is 21.5 Å². The minimum absolute atomic E-state index is 0.136. The van der Waals surface area contributed by atoms with Gasteiger partial charge >= 0.3 is 0 Å². The highest BCUT2D eigenvalue weighted by Crippen LogP contribution is 2.26. The van der Waals surface area contributed by atoms with Crippen molar-refractivity contribution in [2.24, 2.45) is 0 Å². The van der Waals surface area contributed by atoms with Gasteiger partial charge in [0.15, 0.2) is 0 Å². The molecule has 0 saturated heterocycles. The lowest BCUT2D eigenvalue weighted by atomic mass is 10.2. The molecule has 2 aromatic heterocycles. The van der Waals surface area contributed by atoms with E-state index in [1.807, 2.05) is 18.2 Å². The number of benzene rings is 2. The molecule has 4 heteroatoms. The predicted molar refractivity (Wildman–Crippen MR) is 104 cm³/mol. The molecular weight excluding hydrogens is 328 g/mol. The molecule has 25 heavy (non-hydrogen) atoms. The van der Waals surface area contributed by atoms with Crippen LogP contribution in [0.15, 0.2) is 64.4 Å². The Kier molecular flexibility index (Phi) is 4.38. The highest BCUT2D eigenvalue weighted by molar-refractivity contribution is 7.13. The zero-order chi connectivity index (χ0) is 17.2. The maximum Gasteiger partial charge on any atom is 0.134 e. The summed E-state index contributed by atoms with van der Waals surface area (Å²) >= 11 is 1.69. The molecular formula is C21H20N2OS. The predicted octanol–water partition coefficient (Wildman–Crippen LogP) is 5.72. The number of furan rings is 1. The number of aryl methyl sites for hydroxylation is 1. The summed E-state index contributed by atoms with van der Waals surface area (Å²) < 4.78 is 5.92. The van der Waals surface area contributed by atoms with E-state index in [4.69, 9.17) is 9.40 Å². The van der Waals surface area contributed by atoms with Crippen LogP contribution < -0.4 is 5.32 Å². The number of para-hydroxylation sites is 1. The first-order chi connectivity index (χ1) is 12.2. The summed E-state index contributed by atoms with van der Waals surface area (Å²) in [6.07, 6.45) is 0. The van der Waals surface area contributed by atoms with Crippen LogP contribution in [0.5, 0.6) is 0 Å². The quantitative estimate of drug-likeness (QED) is 0.501. The Labute approximate surface area is 151 Å². The van der Waals surface area contributed by atoms with Crippen molar-refractivity contribution >= 4 is 22.3 Å². The third-order valence-electron chi connectivity index (χ3n) is 4.31. The van der Waals surface area contributed by atoms with Crippen molar-refractivity contribution in [2.45, 2.75) is 26.4 Å². The molecule has 3 nitrogen and oxygen atoms in total. The van der Waals surface area contributed by atoms with Crippen LogP contribution in [0, 0.1) is 6.92 Å². The molecule has 2 aromatic carbocycles. The van der Waals surface area contributed by atoms with Gasteiger partial charge < -0.3 is 9.73 Å². The van der Waals surface area contributed by atoms with Gasteiger partial charge in [-0.15, -0.1) is 11.3 Å². The minimum atomic E-state index is 0.136. The molecule has 2 heterocycles. The molecule has 1 unspecified atom stereocenters. The monoisotopic (exact) mass is 348 g/mol. The zero-order valence-corrected chi connectivity index (χ0v) is 15.1. The van der Waals surface area contributed by atoms with E-state index in [1.54, 1.807) is 11.3 Å². The summed E-state index contributed by atoms with van der Waals surface area (Å²) in [6, 6.07) is 18.8. The maximum atomic E-state index is 5.92. The molecule has 0 spiro atoms. The van der Waals surface area contributed by atoms with E-state index >= 15 is 0 Å². The fourth-order valence-electron chi connectivity index (χ4n) is 2.79. The number of aromatic nitrogens is 1. The van der Waals surface area contributed by atoms with Crippen molar-refractivity contribution in [2.75, 3.05) is 0 Å². The SMILES string of the molecule is Cc1ccc(-c2nc(CNC(C)c3cc4ccccc4o3)cs2)cc1. The second-order valence-corrected chi connectivity index (χ2v) is 7.16. The number of fused-ring (bicyclic) bond motifs is 1. The van der Waals surface area contributed by atoms with Gasteiger partial charge in [0.25, 0.3) is 0 Å². The number of thiazole rings is 1. The van der Waals surface area contributed by atoms with Gasteiger partial charge in [-0.3, -0.25) is 0 Å². The third-order valence-corrected chi connectivity index (χ3v) is 5.25. The Hall–Kier alpha value is -2.43. The molecule has 4 rings (SSSR count). The molecule has 0 aliphatic carbocycles. The second-order valence-electron chi connectivity index (χ2n) is 6.30. The van der Waals surface area contributed by atoms with E-state index < -0.39 is 0 Å². The van der Waals surface area contributed by atoms with Gasteiger partial charge in [0, 0.05) is 22.9 Å². The van der Waals surface area contributed by atoms with E-state index in [0.717, 1.165) is 34.0 Å². The highest BCUT2D eigenvalue weighted by Gasteiger charge is 2.12. The van der Waals surface area contributed by atoms with Crippen molar-refractivity contribution in [1.82, 2.24) is 10.3 Å². The van der Waals surface area contributed by atoms with Crippen LogP contribution in [0.4, 0.5) is 0 Å². The zero-order valence-electron chi connectivity index (χ0n) is 14.3. The smallest absolute Gasteiger partial charge is 0.134 e. The van der Waals surface area contributed by atoms with Crippen molar-refractivity contribution in [3.05, 3.63) is 77.0 Å². The fourth-order valence-corrected chi connectivity index (χ4v) is 3.62. The third kappa shape index (κ3) is 3.50. The van der Waals surface area contributed by atoms with Crippen molar-refractivity contribution in [3.63, 3.8) is 0 Å². The first kappa shape index (κ1) is 16.1. The van der Waals surface area contributed by atoms with Crippen molar-refractivity contribution in [3.8, 4) is 10.6 Å². The molecule has 0 bridgehead atoms. The van der Waals surface area contributed by atoms with Gasteiger partial charge in [0.05, 0.1) is 11.7 Å². The minimum Gasteiger partial charge on any atom is -0.459 e. The van der Waals surface area contributed by atoms with Crippen LogP contribution in [0.1, 0.15) is 30.0 Å². The van der Waals surface area contributed by atoms with Gasteiger partial charge in [-0.1, -0.05) is 48.0 Å². The fraction of sp³-hybridized carbons (Fsp3) is 0.190. The van der Waals surface area contributed by atoms with Crippen LogP contribution in [-0.2, 0) is 6.54 Å². The molecule has 4 aromatic rings. The largest absolute Gasteiger partial charge is 0.459 e. The summed E-state index contributed by atoms with van der Waals surface area (Å²) in [6.45, 7) is 4.94. The Morgan fingerprint density at radius 3 is 2.72 bits per heavy atom. The number of nitrogens with one attached hydrogen (secondary N) is 1. The molecule has 0 aliphatic rings. The maximum absolute atomic E-state index is 5.92. The first-order valence-electron chi connectivity index (χ1n) is 8.42. The van der Waals surface area contributed by atoms with Crippen LogP contribution >= 0.6 is 11.3 Å². The Morgan fingerprint density at radius 2 is 1.92 bits per heavy atom. The summed E-state index contributed by atoms with van der Waals surface area (Å²) in [5, 5.41) is 7.82. The summed E-state index contributed by atoms with van der Waals surface area (Å²) in [7, 11) is 0. The molecule has 1 atom stereocenters. The average molecular weight is 348 g/mol. The van der Waals surface area contributed by atoms with Crippen LogP contribution in [0.3, 0.4) is 0 Å². The Bertz CT molecular complexity index is 951. The number of hydrogen-bond acceptors (Lipinski definition) is 4. The van der Waals surface area contributed by atoms with Crippen LogP contribution in [-0.4, -0.2) is 4.98 Å². The number of hydrogen-bond donors (Lipinski definition) is 1. The van der Waals surface area contributed by atoms with Crippen LogP contribution in [0.2, 0.25) is 0 Å². The first-order valence-corrected chi connectivity index (χ1v) is 9.30. The molecule has 0 fully saturated rings. The van der Waals surface area contributed by atoms with Crippen molar-refractivity contribution in [1.29, 1.82) is 0 Å². The number of nitrogens with zero attached hydrogens (tertiary/aromatic N) is 1. The summed E-state index contributed by atoms with van der Waals surface area (Å²) in [5.74, 6) is 0.954. The molecule has 0 saturated carbocycles. The Morgan fingerprint density at radius 1 is 1.12 bits per heavy atom. The average Bonchev–Trinajstić information content (AvgIpc) is 3.27. The van der Waals surface area contributed by atoms with Gasteiger partial charge in [-0.25, -0.2) is 4.98 Å². The lowest BCUT2D eigenvalue weighted by Gasteiger charge is -2.09. The van der Waals surface area contributed by atoms with Gasteiger partial charge in [-0.2, -0.15) is 0 Å². The number of rotatable bonds is 5. The standard InChI is InChI=1S/C21H20N2OS/c1-14-7-9-16(10-8-14)21-23-18(13-25-21)12-22-15(2)20-11-17-5-3-4-6-19(17)24-20/h3-11,13,15,22H,12H2,1-2H3. The van der Waals surface area contributed by atoms with Gasteiger partial charge in [-0.05, 0) is 26.0 Å². The summed E-state index contributed by atoms with van der Waals surface area (Å²) in [4.78, 5) is 4.74. The van der Waals surface area contributed by atoms with Crippen molar-refractivity contribution < 1.29 is 4.42 Å². The second kappa shape index (κ2) is 6.82. The normalized spacial score (nSPS) is 12.6. The molecule has 0 amide bonds. The topological polar surface area (TPSA) is 38.1 Å². The van der Waals surface area contributed by atoms with E-state index in [0.29, 0.717) is 0 Å². The van der Waals surface area contributed by atoms with E-state index in [9.17, 15) is 0 Å². The molecule has 0 aliphatic heterocycles. The van der Waals surface area contributed by atoms with E-state index in [2.05, 4.69) is 60.9 Å². The van der Waals surface area contributed by atoms with E-state index in [1.165, 1.54) is 11.1 Å². The lowest BCUT2D eigenvalue weighted by molar-refractivity contribution is 0.449.